The molecule has 1 atom stereocenters. The maximum Gasteiger partial charge on any atom is 0.259 e. The molecule has 6 heteroatoms. The van der Waals surface area contributed by atoms with Crippen LogP contribution >= 0.6 is 11.6 Å². The van der Waals surface area contributed by atoms with Crippen molar-refractivity contribution in [3.05, 3.63) is 63.0 Å². The van der Waals surface area contributed by atoms with Gasteiger partial charge < -0.3 is 14.6 Å². The topological polar surface area (TPSA) is 62.4 Å². The third kappa shape index (κ3) is 3.56. The van der Waals surface area contributed by atoms with E-state index >= 15 is 0 Å². The summed E-state index contributed by atoms with van der Waals surface area (Å²) in [5, 5.41) is 0.611. The fourth-order valence-electron chi connectivity index (χ4n) is 2.65. The molecule has 1 N–H and O–H groups in total. The number of benzene rings is 1. The SMILES string of the molecule is Cc1cc(=O)c(C(=O)N2CC[C@H](Oc3cccc(Cl)c3)C2)c[nH]1. The van der Waals surface area contributed by atoms with E-state index in [2.05, 4.69) is 4.98 Å². The Balaban J connectivity index is 1.67. The Labute approximate surface area is 138 Å². The molecule has 0 aliphatic carbocycles. The first-order chi connectivity index (χ1) is 11.0. The second kappa shape index (κ2) is 6.46. The summed E-state index contributed by atoms with van der Waals surface area (Å²) in [6.07, 6.45) is 2.11. The molecule has 2 heterocycles. The lowest BCUT2D eigenvalue weighted by atomic mass is 10.2. The highest BCUT2D eigenvalue weighted by Crippen LogP contribution is 2.22. The fourth-order valence-corrected chi connectivity index (χ4v) is 2.83. The van der Waals surface area contributed by atoms with E-state index in [1.54, 1.807) is 24.0 Å². The number of likely N-dealkylation sites (tertiary alicyclic amines) is 1. The minimum absolute atomic E-state index is 0.0954. The van der Waals surface area contributed by atoms with Gasteiger partial charge >= 0.3 is 0 Å². The minimum Gasteiger partial charge on any atom is -0.488 e. The molecule has 1 aliphatic rings. The molecule has 0 bridgehead atoms. The third-order valence-electron chi connectivity index (χ3n) is 3.82. The zero-order chi connectivity index (χ0) is 16.4. The van der Waals surface area contributed by atoms with Crippen molar-refractivity contribution in [2.75, 3.05) is 13.1 Å². The number of halogens is 1. The number of aromatic nitrogens is 1. The first-order valence-corrected chi connectivity index (χ1v) is 7.81. The zero-order valence-corrected chi connectivity index (χ0v) is 13.5. The van der Waals surface area contributed by atoms with Gasteiger partial charge in [0.1, 0.15) is 17.4 Å². The monoisotopic (exact) mass is 332 g/mol. The Bertz CT molecular complexity index is 787. The van der Waals surface area contributed by atoms with Crippen LogP contribution in [0.25, 0.3) is 0 Å². The maximum absolute atomic E-state index is 12.5. The van der Waals surface area contributed by atoms with Gasteiger partial charge in [0, 0.05) is 35.9 Å². The van der Waals surface area contributed by atoms with E-state index in [0.29, 0.717) is 23.9 Å². The van der Waals surface area contributed by atoms with Crippen LogP contribution in [0.15, 0.2) is 41.3 Å². The van der Waals surface area contributed by atoms with Gasteiger partial charge in [0.15, 0.2) is 5.43 Å². The average molecular weight is 333 g/mol. The molecule has 1 fully saturated rings. The van der Waals surface area contributed by atoms with E-state index in [1.165, 1.54) is 12.3 Å². The Hall–Kier alpha value is -2.27. The highest BCUT2D eigenvalue weighted by molar-refractivity contribution is 6.30. The summed E-state index contributed by atoms with van der Waals surface area (Å²) >= 11 is 5.94. The van der Waals surface area contributed by atoms with Crippen molar-refractivity contribution in [3.63, 3.8) is 0 Å². The van der Waals surface area contributed by atoms with Crippen molar-refractivity contribution in [3.8, 4) is 5.75 Å². The van der Waals surface area contributed by atoms with Gasteiger partial charge in [0.05, 0.1) is 6.54 Å². The summed E-state index contributed by atoms with van der Waals surface area (Å²) in [4.78, 5) is 29.0. The fraction of sp³-hybridized carbons (Fsp3) is 0.294. The van der Waals surface area contributed by atoms with Gasteiger partial charge in [0.2, 0.25) is 0 Å². The maximum atomic E-state index is 12.5. The summed E-state index contributed by atoms with van der Waals surface area (Å²) in [5.41, 5.74) is 0.639. The molecule has 120 valence electrons. The molecule has 1 aromatic heterocycles. The summed E-state index contributed by atoms with van der Waals surface area (Å²) < 4.78 is 5.86. The molecular formula is C17H17ClN2O3. The van der Waals surface area contributed by atoms with Gasteiger partial charge in [-0.1, -0.05) is 17.7 Å². The number of pyridine rings is 1. The number of hydrogen-bond donors (Lipinski definition) is 1. The summed E-state index contributed by atoms with van der Waals surface area (Å²) in [6.45, 7) is 2.80. The second-order valence-corrected chi connectivity index (χ2v) is 6.07. The molecule has 1 aromatic carbocycles. The predicted molar refractivity (Wildman–Crippen MR) is 88.2 cm³/mol. The van der Waals surface area contributed by atoms with Crippen molar-refractivity contribution in [2.24, 2.45) is 0 Å². The van der Waals surface area contributed by atoms with Crippen LogP contribution in [0.3, 0.4) is 0 Å². The van der Waals surface area contributed by atoms with Crippen molar-refractivity contribution in [2.45, 2.75) is 19.4 Å². The van der Waals surface area contributed by atoms with E-state index in [4.69, 9.17) is 16.3 Å². The molecule has 0 saturated carbocycles. The molecule has 1 amide bonds. The number of amides is 1. The average Bonchev–Trinajstić information content (AvgIpc) is 2.95. The van der Waals surface area contributed by atoms with Crippen LogP contribution in [0.2, 0.25) is 5.02 Å². The van der Waals surface area contributed by atoms with Crippen molar-refractivity contribution >= 4 is 17.5 Å². The van der Waals surface area contributed by atoms with E-state index in [0.717, 1.165) is 12.1 Å². The number of ether oxygens (including phenoxy) is 1. The van der Waals surface area contributed by atoms with E-state index in [-0.39, 0.29) is 23.0 Å². The molecule has 0 radical (unpaired) electrons. The minimum atomic E-state index is -0.261. The highest BCUT2D eigenvalue weighted by atomic mass is 35.5. The number of H-pyrrole nitrogens is 1. The Morgan fingerprint density at radius 1 is 1.39 bits per heavy atom. The van der Waals surface area contributed by atoms with Crippen molar-refractivity contribution < 1.29 is 9.53 Å². The quantitative estimate of drug-likeness (QED) is 0.939. The van der Waals surface area contributed by atoms with Gasteiger partial charge in [-0.05, 0) is 25.1 Å². The third-order valence-corrected chi connectivity index (χ3v) is 4.05. The number of hydrogen-bond acceptors (Lipinski definition) is 3. The summed E-state index contributed by atoms with van der Waals surface area (Å²) in [5.74, 6) is 0.424. The van der Waals surface area contributed by atoms with Crippen LogP contribution in [0.1, 0.15) is 22.5 Å². The first kappa shape index (κ1) is 15.6. The van der Waals surface area contributed by atoms with Crippen LogP contribution in [0.4, 0.5) is 0 Å². The van der Waals surface area contributed by atoms with E-state index < -0.39 is 0 Å². The number of rotatable bonds is 3. The van der Waals surface area contributed by atoms with Gasteiger partial charge in [-0.2, -0.15) is 0 Å². The first-order valence-electron chi connectivity index (χ1n) is 7.44. The lowest BCUT2D eigenvalue weighted by Crippen LogP contribution is -2.34. The van der Waals surface area contributed by atoms with Crippen molar-refractivity contribution in [1.29, 1.82) is 0 Å². The molecule has 23 heavy (non-hydrogen) atoms. The Morgan fingerprint density at radius 2 is 2.22 bits per heavy atom. The number of aryl methyl sites for hydroxylation is 1. The molecular weight excluding hydrogens is 316 g/mol. The number of nitrogens with one attached hydrogen (secondary N) is 1. The standard InChI is InChI=1S/C17H17ClN2O3/c1-11-7-16(21)15(9-19-11)17(22)20-6-5-14(10-20)23-13-4-2-3-12(18)8-13/h2-4,7-9,14H,5-6,10H2,1H3,(H,19,21)/t14-/m0/s1. The van der Waals surface area contributed by atoms with Crippen LogP contribution in [0, 0.1) is 6.92 Å². The zero-order valence-electron chi connectivity index (χ0n) is 12.7. The van der Waals surface area contributed by atoms with Gasteiger partial charge in [-0.25, -0.2) is 0 Å². The molecule has 1 saturated heterocycles. The lowest BCUT2D eigenvalue weighted by molar-refractivity contribution is 0.0770. The molecule has 1 aliphatic heterocycles. The van der Waals surface area contributed by atoms with Crippen LogP contribution in [-0.2, 0) is 0 Å². The second-order valence-electron chi connectivity index (χ2n) is 5.63. The van der Waals surface area contributed by atoms with Crippen LogP contribution < -0.4 is 10.2 Å². The number of carbonyl (C=O) groups is 1. The highest BCUT2D eigenvalue weighted by Gasteiger charge is 2.29. The molecule has 0 unspecified atom stereocenters. The molecule has 3 rings (SSSR count). The van der Waals surface area contributed by atoms with Crippen LogP contribution in [0.5, 0.6) is 5.75 Å². The number of nitrogens with zero attached hydrogens (tertiary/aromatic N) is 1. The number of carbonyl (C=O) groups excluding carboxylic acids is 1. The number of aromatic amines is 1. The summed E-state index contributed by atoms with van der Waals surface area (Å²) in [7, 11) is 0. The van der Waals surface area contributed by atoms with Gasteiger partial charge in [-0.15, -0.1) is 0 Å². The Kier molecular flexibility index (Phi) is 4.39. The molecule has 0 spiro atoms. The van der Waals surface area contributed by atoms with E-state index in [1.807, 2.05) is 12.1 Å². The van der Waals surface area contributed by atoms with E-state index in [9.17, 15) is 9.59 Å². The predicted octanol–water partition coefficient (Wildman–Crippen LogP) is 2.63. The normalized spacial score (nSPS) is 17.3. The molecule has 5 nitrogen and oxygen atoms in total. The summed E-state index contributed by atoms with van der Waals surface area (Å²) in [6, 6.07) is 8.62. The lowest BCUT2D eigenvalue weighted by Gasteiger charge is -2.17. The van der Waals surface area contributed by atoms with Gasteiger partial charge in [-0.3, -0.25) is 9.59 Å². The molecule has 2 aromatic rings. The van der Waals surface area contributed by atoms with Crippen LogP contribution in [-0.4, -0.2) is 35.0 Å². The largest absolute Gasteiger partial charge is 0.488 e. The van der Waals surface area contributed by atoms with Crippen molar-refractivity contribution in [1.82, 2.24) is 9.88 Å². The Morgan fingerprint density at radius 3 is 2.96 bits per heavy atom. The van der Waals surface area contributed by atoms with Gasteiger partial charge in [0.25, 0.3) is 5.91 Å². The smallest absolute Gasteiger partial charge is 0.259 e.